The maximum Gasteiger partial charge on any atom is 0.234 e. The van der Waals surface area contributed by atoms with Crippen LogP contribution in [-0.4, -0.2) is 29.4 Å². The van der Waals surface area contributed by atoms with Crippen molar-refractivity contribution >= 4 is 16.3 Å². The zero-order chi connectivity index (χ0) is 16.0. The van der Waals surface area contributed by atoms with Crippen molar-refractivity contribution in [1.82, 2.24) is 29.4 Å². The minimum absolute atomic E-state index is 0.165. The van der Waals surface area contributed by atoms with Crippen LogP contribution >= 0.6 is 11.3 Å². The van der Waals surface area contributed by atoms with Gasteiger partial charge in [0, 0.05) is 24.2 Å². The van der Waals surface area contributed by atoms with Gasteiger partial charge in [-0.2, -0.15) is 9.61 Å². The highest BCUT2D eigenvalue weighted by Gasteiger charge is 2.25. The third-order valence-corrected chi connectivity index (χ3v) is 5.81. The van der Waals surface area contributed by atoms with Gasteiger partial charge in [-0.1, -0.05) is 38.0 Å². The molecule has 0 N–H and O–H groups in total. The Bertz CT molecular complexity index is 808. The molecule has 3 heterocycles. The normalized spacial score (nSPS) is 17.6. The zero-order valence-corrected chi connectivity index (χ0v) is 14.6. The van der Waals surface area contributed by atoms with Crippen LogP contribution in [-0.2, 0) is 0 Å². The number of nitrogens with zero attached hydrogens (tertiary/aromatic N) is 6. The SMILES string of the molecule is CC(C)c1nccn1[C@@H](C)c1nn2c(C3CCCC3)nnc2s1. The average Bonchev–Trinajstić information content (AvgIpc) is 3.27. The Hall–Kier alpha value is -1.76. The first-order valence-corrected chi connectivity index (χ1v) is 9.21. The van der Waals surface area contributed by atoms with Crippen molar-refractivity contribution in [3.63, 3.8) is 0 Å². The maximum atomic E-state index is 4.84. The molecule has 23 heavy (non-hydrogen) atoms. The molecule has 0 radical (unpaired) electrons. The zero-order valence-electron chi connectivity index (χ0n) is 13.8. The number of hydrogen-bond acceptors (Lipinski definition) is 5. The van der Waals surface area contributed by atoms with Crippen molar-refractivity contribution in [2.75, 3.05) is 0 Å². The summed E-state index contributed by atoms with van der Waals surface area (Å²) >= 11 is 1.63. The van der Waals surface area contributed by atoms with Crippen molar-refractivity contribution in [2.45, 2.75) is 64.3 Å². The van der Waals surface area contributed by atoms with Crippen molar-refractivity contribution in [3.8, 4) is 0 Å². The molecule has 0 saturated heterocycles. The van der Waals surface area contributed by atoms with Crippen molar-refractivity contribution < 1.29 is 0 Å². The van der Waals surface area contributed by atoms with E-state index in [1.807, 2.05) is 16.9 Å². The van der Waals surface area contributed by atoms with Gasteiger partial charge in [0.2, 0.25) is 4.96 Å². The molecule has 3 aromatic heterocycles. The van der Waals surface area contributed by atoms with Crippen molar-refractivity contribution in [3.05, 3.63) is 29.1 Å². The largest absolute Gasteiger partial charge is 0.325 e. The third-order valence-electron chi connectivity index (χ3n) is 4.74. The summed E-state index contributed by atoms with van der Waals surface area (Å²) < 4.78 is 4.18. The Kier molecular flexibility index (Phi) is 3.67. The first kappa shape index (κ1) is 14.8. The van der Waals surface area contributed by atoms with E-state index >= 15 is 0 Å². The van der Waals surface area contributed by atoms with Crippen LogP contribution in [0.4, 0.5) is 0 Å². The summed E-state index contributed by atoms with van der Waals surface area (Å²) in [6.07, 6.45) is 8.92. The number of aromatic nitrogens is 6. The molecule has 122 valence electrons. The Morgan fingerprint density at radius 1 is 1.17 bits per heavy atom. The van der Waals surface area contributed by atoms with Crippen LogP contribution < -0.4 is 0 Å². The van der Waals surface area contributed by atoms with Gasteiger partial charge in [0.05, 0.1) is 6.04 Å². The van der Waals surface area contributed by atoms with E-state index in [4.69, 9.17) is 5.10 Å². The predicted octanol–water partition coefficient (Wildman–Crippen LogP) is 3.77. The number of hydrogen-bond donors (Lipinski definition) is 0. The van der Waals surface area contributed by atoms with Gasteiger partial charge < -0.3 is 4.57 Å². The summed E-state index contributed by atoms with van der Waals surface area (Å²) in [5.41, 5.74) is 0. The number of rotatable bonds is 4. The first-order valence-electron chi connectivity index (χ1n) is 8.40. The lowest BCUT2D eigenvalue weighted by atomic mass is 10.1. The molecule has 0 spiro atoms. The molecule has 0 bridgehead atoms. The lowest BCUT2D eigenvalue weighted by molar-refractivity contribution is 0.563. The lowest BCUT2D eigenvalue weighted by Gasteiger charge is -2.15. The van der Waals surface area contributed by atoms with Gasteiger partial charge in [-0.15, -0.1) is 10.2 Å². The third kappa shape index (κ3) is 2.47. The molecule has 1 aliphatic rings. The van der Waals surface area contributed by atoms with Crippen LogP contribution in [0.25, 0.3) is 4.96 Å². The van der Waals surface area contributed by atoms with Gasteiger partial charge in [-0.3, -0.25) is 0 Å². The average molecular weight is 330 g/mol. The maximum absolute atomic E-state index is 4.84. The molecule has 1 saturated carbocycles. The summed E-state index contributed by atoms with van der Waals surface area (Å²) in [4.78, 5) is 5.39. The molecule has 1 aliphatic carbocycles. The molecule has 0 amide bonds. The second-order valence-electron chi connectivity index (χ2n) is 6.70. The van der Waals surface area contributed by atoms with E-state index in [1.165, 1.54) is 25.7 Å². The molecular weight excluding hydrogens is 308 g/mol. The molecule has 6 nitrogen and oxygen atoms in total. The van der Waals surface area contributed by atoms with Crippen LogP contribution in [0.3, 0.4) is 0 Å². The minimum Gasteiger partial charge on any atom is -0.325 e. The van der Waals surface area contributed by atoms with E-state index in [1.54, 1.807) is 11.3 Å². The standard InChI is InChI=1S/C16H22N6S/c1-10(2)13-17-8-9-21(13)11(3)15-20-22-14(12-6-4-5-7-12)18-19-16(22)23-15/h8-12H,4-7H2,1-3H3/t11-/m0/s1. The summed E-state index contributed by atoms with van der Waals surface area (Å²) in [5, 5.41) is 14.6. The van der Waals surface area contributed by atoms with E-state index in [0.717, 1.165) is 21.6 Å². The van der Waals surface area contributed by atoms with Gasteiger partial charge in [0.15, 0.2) is 5.82 Å². The number of fused-ring (bicyclic) bond motifs is 1. The minimum atomic E-state index is 0.165. The fraction of sp³-hybridized carbons (Fsp3) is 0.625. The molecule has 0 unspecified atom stereocenters. The van der Waals surface area contributed by atoms with Gasteiger partial charge in [0.25, 0.3) is 0 Å². The summed E-state index contributed by atoms with van der Waals surface area (Å²) in [7, 11) is 0. The quantitative estimate of drug-likeness (QED) is 0.730. The Morgan fingerprint density at radius 3 is 2.70 bits per heavy atom. The fourth-order valence-corrected chi connectivity index (χ4v) is 4.37. The van der Waals surface area contributed by atoms with Crippen molar-refractivity contribution in [1.29, 1.82) is 0 Å². The second-order valence-corrected chi connectivity index (χ2v) is 7.69. The summed E-state index contributed by atoms with van der Waals surface area (Å²) in [6.45, 7) is 6.51. The smallest absolute Gasteiger partial charge is 0.234 e. The monoisotopic (exact) mass is 330 g/mol. The Labute approximate surface area is 139 Å². The molecule has 0 aromatic carbocycles. The van der Waals surface area contributed by atoms with Crippen LogP contribution in [0.1, 0.15) is 81.0 Å². The number of imidazole rings is 1. The lowest BCUT2D eigenvalue weighted by Crippen LogP contribution is -2.11. The molecular formula is C16H22N6S. The second kappa shape index (κ2) is 5.70. The van der Waals surface area contributed by atoms with Gasteiger partial charge in [-0.25, -0.2) is 4.98 Å². The van der Waals surface area contributed by atoms with Crippen LogP contribution in [0.15, 0.2) is 12.4 Å². The highest BCUT2D eigenvalue weighted by Crippen LogP contribution is 2.34. The molecule has 3 aromatic rings. The van der Waals surface area contributed by atoms with E-state index in [2.05, 4.69) is 40.5 Å². The van der Waals surface area contributed by atoms with E-state index in [0.29, 0.717) is 11.8 Å². The van der Waals surface area contributed by atoms with Crippen LogP contribution in [0.2, 0.25) is 0 Å². The molecule has 0 aliphatic heterocycles. The molecule has 1 fully saturated rings. The molecule has 7 heteroatoms. The van der Waals surface area contributed by atoms with Crippen LogP contribution in [0.5, 0.6) is 0 Å². The molecule has 4 rings (SSSR count). The van der Waals surface area contributed by atoms with Gasteiger partial charge in [0.1, 0.15) is 10.8 Å². The van der Waals surface area contributed by atoms with Gasteiger partial charge >= 0.3 is 0 Å². The van der Waals surface area contributed by atoms with Crippen molar-refractivity contribution in [2.24, 2.45) is 0 Å². The topological polar surface area (TPSA) is 60.9 Å². The predicted molar refractivity (Wildman–Crippen MR) is 90.0 cm³/mol. The first-order chi connectivity index (χ1) is 11.1. The van der Waals surface area contributed by atoms with E-state index in [9.17, 15) is 0 Å². The van der Waals surface area contributed by atoms with E-state index < -0.39 is 0 Å². The Balaban J connectivity index is 1.70. The fourth-order valence-electron chi connectivity index (χ4n) is 3.47. The van der Waals surface area contributed by atoms with Gasteiger partial charge in [-0.05, 0) is 19.8 Å². The highest BCUT2D eigenvalue weighted by atomic mass is 32.1. The summed E-state index contributed by atoms with van der Waals surface area (Å²) in [6, 6.07) is 0.165. The molecule has 1 atom stereocenters. The highest BCUT2D eigenvalue weighted by molar-refractivity contribution is 7.16. The van der Waals surface area contributed by atoms with Crippen LogP contribution in [0, 0.1) is 0 Å². The summed E-state index contributed by atoms with van der Waals surface area (Å²) in [5.74, 6) is 3.06. The van der Waals surface area contributed by atoms with E-state index in [-0.39, 0.29) is 6.04 Å². The Morgan fingerprint density at radius 2 is 1.96 bits per heavy atom.